The Morgan fingerprint density at radius 1 is 1.00 bits per heavy atom. The van der Waals surface area contributed by atoms with Gasteiger partial charge in [0.2, 0.25) is 5.75 Å². The Balaban J connectivity index is 1.83. The van der Waals surface area contributed by atoms with Gasteiger partial charge in [-0.25, -0.2) is 4.79 Å². The summed E-state index contributed by atoms with van der Waals surface area (Å²) in [5.74, 6) is -0.422. The molecular weight excluding hydrogens is 308 g/mol. The van der Waals surface area contributed by atoms with Crippen LogP contribution in [0.1, 0.15) is 58.3 Å². The maximum absolute atomic E-state index is 11.9. The predicted octanol–water partition coefficient (Wildman–Crippen LogP) is 4.72. The first-order valence-corrected chi connectivity index (χ1v) is 8.75. The average molecular weight is 334 g/mol. The van der Waals surface area contributed by atoms with Crippen LogP contribution in [0.4, 0.5) is 0 Å². The van der Waals surface area contributed by atoms with Crippen molar-refractivity contribution in [2.24, 2.45) is 0 Å². The molecule has 0 unspecified atom stereocenters. The fourth-order valence-corrected chi connectivity index (χ4v) is 2.69. The molecule has 1 aromatic carbocycles. The Morgan fingerprint density at radius 2 is 1.67 bits per heavy atom. The molecule has 0 bridgehead atoms. The summed E-state index contributed by atoms with van der Waals surface area (Å²) in [6.07, 6.45) is 9.39. The number of unbranched alkanes of at least 4 members (excludes halogenated alkanes) is 7. The highest BCUT2D eigenvalue weighted by Gasteiger charge is 2.15. The van der Waals surface area contributed by atoms with Gasteiger partial charge in [0.05, 0.1) is 12.0 Å². The summed E-state index contributed by atoms with van der Waals surface area (Å²) in [6, 6.07) is 4.20. The zero-order valence-corrected chi connectivity index (χ0v) is 14.2. The second kappa shape index (κ2) is 9.21. The molecule has 2 aromatic rings. The Bertz CT molecular complexity index is 705. The fourth-order valence-electron chi connectivity index (χ4n) is 2.69. The van der Waals surface area contributed by atoms with Gasteiger partial charge in [-0.2, -0.15) is 0 Å². The number of phenols is 1. The highest BCUT2D eigenvalue weighted by molar-refractivity contribution is 5.86. The van der Waals surface area contributed by atoms with Crippen LogP contribution in [0, 0.1) is 0 Å². The zero-order chi connectivity index (χ0) is 17.4. The van der Waals surface area contributed by atoms with Gasteiger partial charge in [-0.15, -0.1) is 0 Å². The summed E-state index contributed by atoms with van der Waals surface area (Å²) in [5.41, 5.74) is -0.595. The molecule has 0 atom stereocenters. The lowest BCUT2D eigenvalue weighted by Crippen LogP contribution is -2.08. The third-order valence-corrected chi connectivity index (χ3v) is 4.07. The van der Waals surface area contributed by atoms with E-state index in [2.05, 4.69) is 6.92 Å². The van der Waals surface area contributed by atoms with Crippen molar-refractivity contribution in [2.45, 2.75) is 58.3 Å². The molecule has 5 heteroatoms. The maximum atomic E-state index is 11.9. The minimum Gasteiger partial charge on any atom is -0.508 e. The summed E-state index contributed by atoms with van der Waals surface area (Å²) in [6.45, 7) is 2.58. The van der Waals surface area contributed by atoms with Gasteiger partial charge in [0.15, 0.2) is 5.75 Å². The monoisotopic (exact) mass is 334 g/mol. The summed E-state index contributed by atoms with van der Waals surface area (Å²) < 4.78 is 10.5. The second-order valence-electron chi connectivity index (χ2n) is 6.07. The molecule has 0 radical (unpaired) electrons. The first-order chi connectivity index (χ1) is 11.6. The number of hydrogen-bond donors (Lipinski definition) is 2. The molecular formula is C19H26O5. The quantitative estimate of drug-likeness (QED) is 0.485. The third kappa shape index (κ3) is 4.91. The van der Waals surface area contributed by atoms with E-state index in [1.165, 1.54) is 50.3 Å². The molecule has 5 nitrogen and oxygen atoms in total. The number of benzene rings is 1. The molecule has 0 amide bonds. The predicted molar refractivity (Wildman–Crippen MR) is 93.9 cm³/mol. The Labute approximate surface area is 141 Å². The first-order valence-electron chi connectivity index (χ1n) is 8.75. The van der Waals surface area contributed by atoms with E-state index in [1.807, 2.05) is 0 Å². The molecule has 1 heterocycles. The van der Waals surface area contributed by atoms with Crippen molar-refractivity contribution in [1.29, 1.82) is 0 Å². The molecule has 2 rings (SSSR count). The average Bonchev–Trinajstić information content (AvgIpc) is 2.55. The number of rotatable bonds is 10. The minimum absolute atomic E-state index is 0.0299. The number of hydrogen-bond acceptors (Lipinski definition) is 5. The van der Waals surface area contributed by atoms with Crippen molar-refractivity contribution in [3.8, 4) is 17.2 Å². The molecule has 0 aliphatic carbocycles. The molecule has 0 saturated heterocycles. The highest BCUT2D eigenvalue weighted by Crippen LogP contribution is 2.32. The molecule has 0 fully saturated rings. The van der Waals surface area contributed by atoms with Crippen LogP contribution in [-0.2, 0) is 0 Å². The van der Waals surface area contributed by atoms with E-state index in [0.717, 1.165) is 19.3 Å². The molecule has 0 spiro atoms. The summed E-state index contributed by atoms with van der Waals surface area (Å²) in [4.78, 5) is 11.9. The van der Waals surface area contributed by atoms with E-state index in [0.29, 0.717) is 12.0 Å². The van der Waals surface area contributed by atoms with E-state index >= 15 is 0 Å². The van der Waals surface area contributed by atoms with Gasteiger partial charge in [0.1, 0.15) is 11.3 Å². The van der Waals surface area contributed by atoms with E-state index in [-0.39, 0.29) is 22.8 Å². The van der Waals surface area contributed by atoms with Crippen LogP contribution in [0.3, 0.4) is 0 Å². The summed E-state index contributed by atoms with van der Waals surface area (Å²) in [5, 5.41) is 19.9. The number of phenolic OH excluding ortho intramolecular Hbond substituents is 1. The van der Waals surface area contributed by atoms with Crippen LogP contribution in [0.15, 0.2) is 27.4 Å². The third-order valence-electron chi connectivity index (χ3n) is 4.07. The van der Waals surface area contributed by atoms with Crippen LogP contribution in [0.25, 0.3) is 11.0 Å². The van der Waals surface area contributed by atoms with Crippen molar-refractivity contribution in [1.82, 2.24) is 0 Å². The van der Waals surface area contributed by atoms with Crippen molar-refractivity contribution < 1.29 is 19.4 Å². The standard InChI is InChI=1S/C19H26O5/c1-2-3-4-5-6-7-8-9-12-23-18-17(21)15-11-10-14(20)13-16(15)24-19(18)22/h10-11,13,20-21H,2-9,12H2,1H3. The molecule has 132 valence electrons. The first kappa shape index (κ1) is 18.2. The fraction of sp³-hybridized carbons (Fsp3) is 0.526. The molecule has 1 aromatic heterocycles. The lowest BCUT2D eigenvalue weighted by Gasteiger charge is -2.08. The lowest BCUT2D eigenvalue weighted by atomic mass is 10.1. The van der Waals surface area contributed by atoms with Gasteiger partial charge in [-0.1, -0.05) is 51.9 Å². The maximum Gasteiger partial charge on any atom is 0.383 e. The van der Waals surface area contributed by atoms with Crippen molar-refractivity contribution in [2.75, 3.05) is 6.61 Å². The Morgan fingerprint density at radius 3 is 2.38 bits per heavy atom. The lowest BCUT2D eigenvalue weighted by molar-refractivity contribution is 0.275. The van der Waals surface area contributed by atoms with E-state index < -0.39 is 5.63 Å². The van der Waals surface area contributed by atoms with Crippen molar-refractivity contribution in [3.63, 3.8) is 0 Å². The summed E-state index contributed by atoms with van der Waals surface area (Å²) >= 11 is 0. The summed E-state index contributed by atoms with van der Waals surface area (Å²) in [7, 11) is 0. The Hall–Kier alpha value is -2.17. The van der Waals surface area contributed by atoms with Crippen LogP contribution in [0.5, 0.6) is 17.2 Å². The Kier molecular flexibility index (Phi) is 6.97. The van der Waals surface area contributed by atoms with Crippen LogP contribution >= 0.6 is 0 Å². The number of fused-ring (bicyclic) bond motifs is 1. The minimum atomic E-state index is -0.731. The van der Waals surface area contributed by atoms with Gasteiger partial charge in [0, 0.05) is 6.07 Å². The van der Waals surface area contributed by atoms with Crippen molar-refractivity contribution >= 4 is 11.0 Å². The normalized spacial score (nSPS) is 11.0. The zero-order valence-electron chi connectivity index (χ0n) is 14.2. The van der Waals surface area contributed by atoms with E-state index in [4.69, 9.17) is 9.15 Å². The molecule has 0 aliphatic heterocycles. The van der Waals surface area contributed by atoms with Gasteiger partial charge in [-0.05, 0) is 18.6 Å². The molecule has 2 N–H and O–H groups in total. The smallest absolute Gasteiger partial charge is 0.383 e. The molecule has 0 saturated carbocycles. The van der Waals surface area contributed by atoms with Crippen LogP contribution in [0.2, 0.25) is 0 Å². The van der Waals surface area contributed by atoms with Gasteiger partial charge in [-0.3, -0.25) is 0 Å². The van der Waals surface area contributed by atoms with Crippen LogP contribution < -0.4 is 10.4 Å². The number of aromatic hydroxyl groups is 2. The number of ether oxygens (including phenoxy) is 1. The topological polar surface area (TPSA) is 79.9 Å². The second-order valence-corrected chi connectivity index (χ2v) is 6.07. The van der Waals surface area contributed by atoms with Crippen LogP contribution in [-0.4, -0.2) is 16.8 Å². The van der Waals surface area contributed by atoms with E-state index in [9.17, 15) is 15.0 Å². The van der Waals surface area contributed by atoms with Gasteiger partial charge >= 0.3 is 5.63 Å². The van der Waals surface area contributed by atoms with Crippen molar-refractivity contribution in [3.05, 3.63) is 28.6 Å². The van der Waals surface area contributed by atoms with Gasteiger partial charge in [0.25, 0.3) is 0 Å². The molecule has 24 heavy (non-hydrogen) atoms. The molecule has 0 aliphatic rings. The van der Waals surface area contributed by atoms with E-state index in [1.54, 1.807) is 0 Å². The largest absolute Gasteiger partial charge is 0.508 e. The SMILES string of the molecule is CCCCCCCCCCOc1c(O)c2ccc(O)cc2oc1=O. The van der Waals surface area contributed by atoms with Gasteiger partial charge < -0.3 is 19.4 Å². The highest BCUT2D eigenvalue weighted by atomic mass is 16.5.